The third-order valence-corrected chi connectivity index (χ3v) is 5.15. The lowest BCUT2D eigenvalue weighted by molar-refractivity contribution is -0.384. The Bertz CT molecular complexity index is 1020. The fourth-order valence-electron chi connectivity index (χ4n) is 3.46. The molecule has 28 heavy (non-hydrogen) atoms. The van der Waals surface area contributed by atoms with E-state index in [1.165, 1.54) is 24.3 Å². The molecule has 142 valence electrons. The van der Waals surface area contributed by atoms with Crippen molar-refractivity contribution in [2.45, 2.75) is 12.6 Å². The van der Waals surface area contributed by atoms with Crippen molar-refractivity contribution in [2.75, 3.05) is 11.9 Å². The normalized spacial score (nSPS) is 15.8. The molecule has 2 aromatic carbocycles. The number of aromatic nitrogens is 1. The first-order valence-corrected chi connectivity index (χ1v) is 9.16. The van der Waals surface area contributed by atoms with Gasteiger partial charge in [-0.15, -0.1) is 0 Å². The lowest BCUT2D eigenvalue weighted by Crippen LogP contribution is -2.44. The Morgan fingerprint density at radius 3 is 2.50 bits per heavy atom. The molecule has 0 fully saturated rings. The molecule has 1 aromatic heterocycles. The highest BCUT2D eigenvalue weighted by Crippen LogP contribution is 2.33. The highest BCUT2D eigenvalue weighted by molar-refractivity contribution is 7.80. The number of nitrogens with zero attached hydrogens (tertiary/aromatic N) is 3. The molecule has 8 heteroatoms. The van der Waals surface area contributed by atoms with Crippen LogP contribution in [-0.2, 0) is 6.54 Å². The molecule has 3 aromatic rings. The van der Waals surface area contributed by atoms with Gasteiger partial charge in [-0.1, -0.05) is 12.1 Å². The number of hydrogen-bond donors (Lipinski definition) is 1. The van der Waals surface area contributed by atoms with Gasteiger partial charge in [0.15, 0.2) is 5.11 Å². The molecular weight excluding hydrogens is 379 g/mol. The van der Waals surface area contributed by atoms with Crippen LogP contribution in [0.1, 0.15) is 17.3 Å². The molecule has 0 amide bonds. The van der Waals surface area contributed by atoms with Crippen LogP contribution in [0.25, 0.3) is 0 Å². The van der Waals surface area contributed by atoms with E-state index < -0.39 is 4.92 Å². The van der Waals surface area contributed by atoms with Crippen molar-refractivity contribution in [3.05, 3.63) is 94.0 Å². The van der Waals surface area contributed by atoms with E-state index in [1.54, 1.807) is 24.3 Å². The topological polar surface area (TPSA) is 63.3 Å². The lowest BCUT2D eigenvalue weighted by Gasteiger charge is -2.39. The zero-order valence-corrected chi connectivity index (χ0v) is 15.6. The zero-order valence-electron chi connectivity index (χ0n) is 14.8. The van der Waals surface area contributed by atoms with Crippen LogP contribution >= 0.6 is 12.2 Å². The Balaban J connectivity index is 1.62. The van der Waals surface area contributed by atoms with Crippen LogP contribution in [-0.4, -0.2) is 26.0 Å². The van der Waals surface area contributed by atoms with Gasteiger partial charge in [-0.25, -0.2) is 4.39 Å². The fraction of sp³-hybridized carbons (Fsp3) is 0.150. The summed E-state index contributed by atoms with van der Waals surface area (Å²) in [6, 6.07) is 16.4. The van der Waals surface area contributed by atoms with Crippen LogP contribution in [0.15, 0.2) is 66.9 Å². The van der Waals surface area contributed by atoms with E-state index in [-0.39, 0.29) is 17.5 Å². The number of thiocarbonyl (C=S) groups is 1. The van der Waals surface area contributed by atoms with E-state index in [1.807, 2.05) is 18.3 Å². The monoisotopic (exact) mass is 396 g/mol. The number of benzene rings is 2. The minimum atomic E-state index is -0.439. The maximum Gasteiger partial charge on any atom is 0.269 e. The summed E-state index contributed by atoms with van der Waals surface area (Å²) in [7, 11) is 0. The minimum absolute atomic E-state index is 0.0245. The molecule has 2 heterocycles. The van der Waals surface area contributed by atoms with Crippen molar-refractivity contribution in [2.24, 2.45) is 0 Å². The Kier molecular flexibility index (Phi) is 4.79. The zero-order chi connectivity index (χ0) is 19.7. The number of anilines is 1. The minimum Gasteiger partial charge on any atom is -0.348 e. The molecule has 1 aliphatic heterocycles. The molecule has 0 spiro atoms. The largest absolute Gasteiger partial charge is 0.348 e. The van der Waals surface area contributed by atoms with Crippen molar-refractivity contribution in [1.82, 2.24) is 9.47 Å². The van der Waals surface area contributed by atoms with E-state index >= 15 is 0 Å². The third-order valence-electron chi connectivity index (χ3n) is 4.81. The highest BCUT2D eigenvalue weighted by atomic mass is 32.1. The van der Waals surface area contributed by atoms with Gasteiger partial charge in [0.1, 0.15) is 5.82 Å². The van der Waals surface area contributed by atoms with Crippen molar-refractivity contribution < 1.29 is 9.31 Å². The molecule has 1 aliphatic rings. The second-order valence-corrected chi connectivity index (χ2v) is 6.89. The molecule has 4 rings (SSSR count). The first-order valence-electron chi connectivity index (χ1n) is 8.75. The lowest BCUT2D eigenvalue weighted by atomic mass is 10.0. The van der Waals surface area contributed by atoms with E-state index in [4.69, 9.17) is 12.2 Å². The smallest absolute Gasteiger partial charge is 0.269 e. The number of halogens is 1. The van der Waals surface area contributed by atoms with Crippen molar-refractivity contribution >= 4 is 28.7 Å². The molecule has 0 radical (unpaired) electrons. The summed E-state index contributed by atoms with van der Waals surface area (Å²) in [6.45, 7) is 1.46. The van der Waals surface area contributed by atoms with Gasteiger partial charge in [-0.2, -0.15) is 0 Å². The van der Waals surface area contributed by atoms with Crippen molar-refractivity contribution in [3.8, 4) is 0 Å². The van der Waals surface area contributed by atoms with Gasteiger partial charge < -0.3 is 14.8 Å². The number of rotatable bonds is 3. The quantitative estimate of drug-likeness (QED) is 0.405. The van der Waals surface area contributed by atoms with Crippen molar-refractivity contribution in [1.29, 1.82) is 0 Å². The number of nitrogens with one attached hydrogen (secondary N) is 1. The summed E-state index contributed by atoms with van der Waals surface area (Å²) in [6.07, 6.45) is 2.02. The predicted octanol–water partition coefficient (Wildman–Crippen LogP) is 4.34. The molecule has 1 atom stereocenters. The van der Waals surface area contributed by atoms with Gasteiger partial charge >= 0.3 is 0 Å². The summed E-state index contributed by atoms with van der Waals surface area (Å²) in [5.74, 6) is -0.284. The number of nitro benzene ring substituents is 1. The number of fused-ring (bicyclic) bond motifs is 1. The summed E-state index contributed by atoms with van der Waals surface area (Å²) in [4.78, 5) is 12.4. The van der Waals surface area contributed by atoms with Gasteiger partial charge in [0.2, 0.25) is 0 Å². The predicted molar refractivity (Wildman–Crippen MR) is 109 cm³/mol. The summed E-state index contributed by atoms with van der Waals surface area (Å²) < 4.78 is 15.6. The Morgan fingerprint density at radius 1 is 1.11 bits per heavy atom. The first-order chi connectivity index (χ1) is 13.5. The summed E-state index contributed by atoms with van der Waals surface area (Å²) in [5.41, 5.74) is 2.71. The molecule has 0 saturated carbocycles. The maximum absolute atomic E-state index is 13.4. The van der Waals surface area contributed by atoms with Gasteiger partial charge in [0, 0.05) is 42.8 Å². The first kappa shape index (κ1) is 18.1. The Hall–Kier alpha value is -3.26. The third kappa shape index (κ3) is 3.46. The van der Waals surface area contributed by atoms with E-state index in [0.29, 0.717) is 17.3 Å². The average Bonchev–Trinajstić information content (AvgIpc) is 3.17. The average molecular weight is 396 g/mol. The second-order valence-electron chi connectivity index (χ2n) is 6.51. The number of nitro groups is 1. The SMILES string of the molecule is O=[N+]([O-])c1ccc(NC(=S)N2CCn3cccc3[C@@H]2c2ccc(F)cc2)cc1. The van der Waals surface area contributed by atoms with Gasteiger partial charge in [0.25, 0.3) is 5.69 Å². The van der Waals surface area contributed by atoms with E-state index in [2.05, 4.69) is 14.8 Å². The summed E-state index contributed by atoms with van der Waals surface area (Å²) in [5, 5.41) is 14.5. The van der Waals surface area contributed by atoms with Gasteiger partial charge in [-0.3, -0.25) is 10.1 Å². The molecule has 0 aliphatic carbocycles. The number of non-ortho nitro benzene ring substituents is 1. The second kappa shape index (κ2) is 7.40. The van der Waals surface area contributed by atoms with Crippen molar-refractivity contribution in [3.63, 3.8) is 0 Å². The van der Waals surface area contributed by atoms with Crippen LogP contribution in [0.4, 0.5) is 15.8 Å². The molecule has 0 unspecified atom stereocenters. The highest BCUT2D eigenvalue weighted by Gasteiger charge is 2.30. The van der Waals surface area contributed by atoms with E-state index in [9.17, 15) is 14.5 Å². The summed E-state index contributed by atoms with van der Waals surface area (Å²) >= 11 is 5.64. The molecule has 0 bridgehead atoms. The molecule has 6 nitrogen and oxygen atoms in total. The van der Waals surface area contributed by atoms with E-state index in [0.717, 1.165) is 17.8 Å². The van der Waals surface area contributed by atoms with Crippen LogP contribution < -0.4 is 5.32 Å². The van der Waals surface area contributed by atoms with Crippen LogP contribution in [0.2, 0.25) is 0 Å². The number of hydrogen-bond acceptors (Lipinski definition) is 3. The van der Waals surface area contributed by atoms with Gasteiger partial charge in [-0.05, 0) is 54.2 Å². The van der Waals surface area contributed by atoms with Crippen LogP contribution in [0.3, 0.4) is 0 Å². The van der Waals surface area contributed by atoms with Crippen LogP contribution in [0, 0.1) is 15.9 Å². The van der Waals surface area contributed by atoms with Crippen LogP contribution in [0.5, 0.6) is 0 Å². The Morgan fingerprint density at radius 2 is 1.82 bits per heavy atom. The van der Waals surface area contributed by atoms with Gasteiger partial charge in [0.05, 0.1) is 11.0 Å². The molecular formula is C20H17FN4O2S. The maximum atomic E-state index is 13.4. The standard InChI is InChI=1S/C20H17FN4O2S/c21-15-5-3-14(4-6-15)19-18-2-1-11-23(18)12-13-24(19)20(28)22-16-7-9-17(10-8-16)25(26)27/h1-11,19H,12-13H2,(H,22,28)/t19-/m0/s1. The Labute approximate surface area is 166 Å². The molecule has 0 saturated heterocycles. The molecule has 1 N–H and O–H groups in total. The fourth-order valence-corrected chi connectivity index (χ4v) is 3.77.